The third kappa shape index (κ3) is 3.73. The van der Waals surface area contributed by atoms with E-state index in [4.69, 9.17) is 10.5 Å². The fourth-order valence-corrected chi connectivity index (χ4v) is 3.54. The number of ether oxygens (including phenoxy) is 1. The Morgan fingerprint density at radius 3 is 2.52 bits per heavy atom. The molecule has 1 unspecified atom stereocenters. The summed E-state index contributed by atoms with van der Waals surface area (Å²) in [5, 5.41) is 20.1. The zero-order valence-corrected chi connectivity index (χ0v) is 16.8. The second-order valence-electron chi connectivity index (χ2n) is 6.52. The van der Waals surface area contributed by atoms with Gasteiger partial charge in [0.1, 0.15) is 23.1 Å². The highest BCUT2D eigenvalue weighted by atomic mass is 79.9. The van der Waals surface area contributed by atoms with Gasteiger partial charge < -0.3 is 15.6 Å². The summed E-state index contributed by atoms with van der Waals surface area (Å²) in [5.41, 5.74) is 9.27. The first-order valence-corrected chi connectivity index (χ1v) is 9.65. The number of nitrogens with two attached hydrogens (primary N) is 1. The van der Waals surface area contributed by atoms with E-state index < -0.39 is 0 Å². The number of allylic oxidation sites excluding steroid dienone is 1. The zero-order chi connectivity index (χ0) is 20.4. The SMILES string of the molecule is N#CC1=C(N)Oc2cc(O)c(C=Nc3ccc(Br)cc3)cc2C1c1ccccc1. The van der Waals surface area contributed by atoms with Gasteiger partial charge in [-0.1, -0.05) is 46.3 Å². The molecule has 0 aliphatic carbocycles. The summed E-state index contributed by atoms with van der Waals surface area (Å²) in [4.78, 5) is 4.43. The molecule has 0 fully saturated rings. The average Bonchev–Trinajstić information content (AvgIpc) is 2.73. The van der Waals surface area contributed by atoms with Crippen molar-refractivity contribution in [3.8, 4) is 17.6 Å². The number of hydrogen-bond donors (Lipinski definition) is 2. The topological polar surface area (TPSA) is 91.6 Å². The van der Waals surface area contributed by atoms with Gasteiger partial charge in [-0.25, -0.2) is 0 Å². The van der Waals surface area contributed by atoms with Crippen molar-refractivity contribution in [3.63, 3.8) is 0 Å². The van der Waals surface area contributed by atoms with Gasteiger partial charge in [-0.05, 0) is 35.9 Å². The summed E-state index contributed by atoms with van der Waals surface area (Å²) >= 11 is 3.39. The first kappa shape index (κ1) is 18.8. The molecule has 4 rings (SSSR count). The van der Waals surface area contributed by atoms with E-state index in [-0.39, 0.29) is 17.6 Å². The minimum absolute atomic E-state index is 0.0182. The van der Waals surface area contributed by atoms with Crippen molar-refractivity contribution in [2.75, 3.05) is 0 Å². The number of rotatable bonds is 3. The van der Waals surface area contributed by atoms with Crippen LogP contribution in [0.1, 0.15) is 22.6 Å². The van der Waals surface area contributed by atoms with Gasteiger partial charge in [0, 0.05) is 27.9 Å². The van der Waals surface area contributed by atoms with Crippen molar-refractivity contribution in [2.45, 2.75) is 5.92 Å². The van der Waals surface area contributed by atoms with Gasteiger partial charge in [0.25, 0.3) is 0 Å². The summed E-state index contributed by atoms with van der Waals surface area (Å²) in [6.45, 7) is 0. The van der Waals surface area contributed by atoms with E-state index in [2.05, 4.69) is 27.0 Å². The molecule has 1 aliphatic rings. The molecule has 142 valence electrons. The molecule has 0 saturated carbocycles. The molecule has 0 saturated heterocycles. The number of aromatic hydroxyl groups is 1. The summed E-state index contributed by atoms with van der Waals surface area (Å²) in [6.07, 6.45) is 1.59. The number of nitriles is 1. The maximum absolute atomic E-state index is 10.5. The van der Waals surface area contributed by atoms with Gasteiger partial charge in [0.15, 0.2) is 0 Å². The highest BCUT2D eigenvalue weighted by Crippen LogP contribution is 2.44. The van der Waals surface area contributed by atoms with Crippen LogP contribution in [0.5, 0.6) is 11.5 Å². The lowest BCUT2D eigenvalue weighted by atomic mass is 9.83. The highest BCUT2D eigenvalue weighted by Gasteiger charge is 2.31. The molecule has 0 aromatic heterocycles. The van der Waals surface area contributed by atoms with Crippen LogP contribution in [0.4, 0.5) is 5.69 Å². The van der Waals surface area contributed by atoms with Crippen LogP contribution in [-0.4, -0.2) is 11.3 Å². The Bertz CT molecular complexity index is 1160. The van der Waals surface area contributed by atoms with Crippen molar-refractivity contribution < 1.29 is 9.84 Å². The third-order valence-electron chi connectivity index (χ3n) is 4.68. The highest BCUT2D eigenvalue weighted by molar-refractivity contribution is 9.10. The molecule has 1 aliphatic heterocycles. The van der Waals surface area contributed by atoms with Crippen molar-refractivity contribution in [1.29, 1.82) is 5.26 Å². The van der Waals surface area contributed by atoms with Gasteiger partial charge in [-0.15, -0.1) is 0 Å². The number of benzene rings is 3. The first-order chi connectivity index (χ1) is 14.1. The van der Waals surface area contributed by atoms with Gasteiger partial charge in [-0.2, -0.15) is 5.26 Å². The van der Waals surface area contributed by atoms with E-state index in [0.29, 0.717) is 16.9 Å². The number of phenolic OH excluding ortho intramolecular Hbond substituents is 1. The molecule has 3 N–H and O–H groups in total. The summed E-state index contributed by atoms with van der Waals surface area (Å²) in [7, 11) is 0. The van der Waals surface area contributed by atoms with Crippen molar-refractivity contribution >= 4 is 27.8 Å². The van der Waals surface area contributed by atoms with Crippen molar-refractivity contribution in [3.05, 3.63) is 99.3 Å². The van der Waals surface area contributed by atoms with E-state index in [1.54, 1.807) is 12.3 Å². The van der Waals surface area contributed by atoms with Crippen molar-refractivity contribution in [2.24, 2.45) is 10.7 Å². The number of halogens is 1. The molecule has 3 aromatic rings. The van der Waals surface area contributed by atoms with Gasteiger partial charge >= 0.3 is 0 Å². The van der Waals surface area contributed by atoms with E-state index in [1.165, 1.54) is 6.07 Å². The molecule has 0 radical (unpaired) electrons. The standard InChI is InChI=1S/C23H16BrN3O2/c24-16-6-8-17(9-7-16)27-13-15-10-18-21(11-20(15)28)29-23(26)19(12-25)22(18)14-4-2-1-3-5-14/h1-11,13,22,28H,26H2. The normalized spacial score (nSPS) is 15.7. The van der Waals surface area contributed by atoms with Gasteiger partial charge in [0.05, 0.1) is 11.6 Å². The Kier molecular flexibility index (Phi) is 5.07. The molecular weight excluding hydrogens is 430 g/mol. The Labute approximate surface area is 176 Å². The lowest BCUT2D eigenvalue weighted by Gasteiger charge is -2.27. The Morgan fingerprint density at radius 1 is 1.10 bits per heavy atom. The van der Waals surface area contributed by atoms with E-state index in [1.807, 2.05) is 54.6 Å². The third-order valence-corrected chi connectivity index (χ3v) is 5.21. The largest absolute Gasteiger partial charge is 0.507 e. The van der Waals surface area contributed by atoms with Crippen LogP contribution < -0.4 is 10.5 Å². The molecule has 6 heteroatoms. The first-order valence-electron chi connectivity index (χ1n) is 8.86. The number of aliphatic imine (C=N–C) groups is 1. The molecule has 29 heavy (non-hydrogen) atoms. The lowest BCUT2D eigenvalue weighted by molar-refractivity contribution is 0.388. The van der Waals surface area contributed by atoms with Crippen LogP contribution in [-0.2, 0) is 0 Å². The number of phenols is 1. The van der Waals surface area contributed by atoms with Gasteiger partial charge in [0.2, 0.25) is 5.88 Å². The second kappa shape index (κ2) is 7.82. The molecular formula is C23H16BrN3O2. The van der Waals surface area contributed by atoms with Crippen LogP contribution in [0.15, 0.2) is 87.7 Å². The molecule has 5 nitrogen and oxygen atoms in total. The van der Waals surface area contributed by atoms with E-state index >= 15 is 0 Å². The summed E-state index contributed by atoms with van der Waals surface area (Å²) in [5.74, 6) is 0.105. The van der Waals surface area contributed by atoms with Gasteiger partial charge in [-0.3, -0.25) is 4.99 Å². The lowest BCUT2D eigenvalue weighted by Crippen LogP contribution is -2.21. The number of hydrogen-bond acceptors (Lipinski definition) is 5. The van der Waals surface area contributed by atoms with Crippen LogP contribution >= 0.6 is 15.9 Å². The van der Waals surface area contributed by atoms with E-state index in [9.17, 15) is 10.4 Å². The maximum Gasteiger partial charge on any atom is 0.205 e. The summed E-state index contributed by atoms with van der Waals surface area (Å²) < 4.78 is 6.59. The predicted molar refractivity (Wildman–Crippen MR) is 115 cm³/mol. The maximum atomic E-state index is 10.5. The molecule has 0 bridgehead atoms. The van der Waals surface area contributed by atoms with Crippen LogP contribution in [0.2, 0.25) is 0 Å². The zero-order valence-electron chi connectivity index (χ0n) is 15.2. The van der Waals surface area contributed by atoms with Crippen molar-refractivity contribution in [1.82, 2.24) is 0 Å². The predicted octanol–water partition coefficient (Wildman–Crippen LogP) is 5.12. The molecule has 1 atom stereocenters. The fraction of sp³-hybridized carbons (Fsp3) is 0.0435. The average molecular weight is 446 g/mol. The second-order valence-corrected chi connectivity index (χ2v) is 7.43. The van der Waals surface area contributed by atoms with Crippen LogP contribution in [0.25, 0.3) is 0 Å². The number of nitrogens with zero attached hydrogens (tertiary/aromatic N) is 2. The van der Waals surface area contributed by atoms with Crippen LogP contribution in [0, 0.1) is 11.3 Å². The number of fused-ring (bicyclic) bond motifs is 1. The summed E-state index contributed by atoms with van der Waals surface area (Å²) in [6, 6.07) is 22.6. The molecule has 0 amide bonds. The molecule has 0 spiro atoms. The Hall–Kier alpha value is -3.56. The quantitative estimate of drug-likeness (QED) is 0.546. The van der Waals surface area contributed by atoms with Crippen LogP contribution in [0.3, 0.4) is 0 Å². The Balaban J connectivity index is 1.80. The minimum Gasteiger partial charge on any atom is -0.507 e. The molecule has 1 heterocycles. The fourth-order valence-electron chi connectivity index (χ4n) is 3.27. The minimum atomic E-state index is -0.384. The Morgan fingerprint density at radius 2 is 1.83 bits per heavy atom. The van der Waals surface area contributed by atoms with E-state index in [0.717, 1.165) is 21.3 Å². The monoisotopic (exact) mass is 445 g/mol. The smallest absolute Gasteiger partial charge is 0.205 e. The molecule has 3 aromatic carbocycles.